The second-order valence-electron chi connectivity index (χ2n) is 12.6. The van der Waals surface area contributed by atoms with Crippen molar-refractivity contribution in [3.8, 4) is 0 Å². The van der Waals surface area contributed by atoms with Crippen LogP contribution in [0.2, 0.25) is 0 Å². The number of amides is 3. The Morgan fingerprint density at radius 3 is 2.23 bits per heavy atom. The van der Waals surface area contributed by atoms with Gasteiger partial charge in [-0.15, -0.1) is 11.8 Å². The Labute approximate surface area is 261 Å². The highest BCUT2D eigenvalue weighted by atomic mass is 32.2. The maximum Gasteiger partial charge on any atom is 0.408 e. The van der Waals surface area contributed by atoms with Crippen LogP contribution in [0, 0.1) is 0 Å². The van der Waals surface area contributed by atoms with E-state index >= 15 is 0 Å². The first-order chi connectivity index (χ1) is 21.1. The van der Waals surface area contributed by atoms with Gasteiger partial charge in [0.25, 0.3) is 0 Å². The van der Waals surface area contributed by atoms with Crippen molar-refractivity contribution in [2.45, 2.75) is 81.7 Å². The van der Waals surface area contributed by atoms with E-state index in [-0.39, 0.29) is 5.91 Å². The largest absolute Gasteiger partial charge is 0.451 e. The van der Waals surface area contributed by atoms with Gasteiger partial charge in [0.1, 0.15) is 17.0 Å². The highest BCUT2D eigenvalue weighted by Crippen LogP contribution is 2.42. The van der Waals surface area contributed by atoms with Crippen molar-refractivity contribution in [2.24, 2.45) is 0 Å². The van der Waals surface area contributed by atoms with Gasteiger partial charge in [-0.3, -0.25) is 9.59 Å². The minimum absolute atomic E-state index is 0.00950. The fraction of sp³-hybridized carbons (Fsp3) is 0.412. The molecule has 10 heteroatoms. The van der Waals surface area contributed by atoms with E-state index in [0.717, 1.165) is 36.9 Å². The average molecular weight is 616 g/mol. The first kappa shape index (κ1) is 30.0. The summed E-state index contributed by atoms with van der Waals surface area (Å²) in [6, 6.07) is 17.2. The van der Waals surface area contributed by atoms with E-state index in [1.165, 1.54) is 16.7 Å². The number of hydrogen-bond donors (Lipinski definition) is 1. The number of thioether (sulfide) groups is 1. The molecule has 9 nitrogen and oxygen atoms in total. The van der Waals surface area contributed by atoms with Crippen LogP contribution in [0.1, 0.15) is 63.7 Å². The minimum atomic E-state index is -1.09. The highest BCUT2D eigenvalue weighted by Gasteiger charge is 2.56. The predicted molar refractivity (Wildman–Crippen MR) is 166 cm³/mol. The molecule has 0 spiro atoms. The van der Waals surface area contributed by atoms with Crippen LogP contribution in [0.15, 0.2) is 83.3 Å². The third-order valence-corrected chi connectivity index (χ3v) is 9.25. The molecule has 3 aliphatic heterocycles. The first-order valence-corrected chi connectivity index (χ1v) is 16.0. The first-order valence-electron chi connectivity index (χ1n) is 15.1. The molecule has 0 unspecified atom stereocenters. The van der Waals surface area contributed by atoms with Gasteiger partial charge >= 0.3 is 12.1 Å². The maximum absolute atomic E-state index is 14.2. The fourth-order valence-corrected chi connectivity index (χ4v) is 7.07. The standard InChI is InChI=1S/C34H37N3O6S/c1-34(2,3)43-33(41)35-26-30(39)37-27(32(40)42-28(21-11-6-4-7-12-21)22-13-8-5-9-14-22)24(20-44-31(26)37)19-23-15-10-18-36(29(23)38)25-16-17-25/h4-9,11-14,19-20,25-28,31H,10,15-18H2,1-3H3,(H,35,41)/t26-,27+,31-/m1/s1. The van der Waals surface area contributed by atoms with Gasteiger partial charge in [0.05, 0.1) is 0 Å². The number of fused-ring (bicyclic) bond motifs is 1. The summed E-state index contributed by atoms with van der Waals surface area (Å²) in [5.41, 5.74) is 2.01. The second kappa shape index (κ2) is 12.1. The van der Waals surface area contributed by atoms with Crippen LogP contribution in [0.5, 0.6) is 0 Å². The monoisotopic (exact) mass is 615 g/mol. The van der Waals surface area contributed by atoms with Crippen molar-refractivity contribution < 1.29 is 28.7 Å². The molecule has 3 amide bonds. The minimum Gasteiger partial charge on any atom is -0.451 e. The van der Waals surface area contributed by atoms with E-state index in [2.05, 4.69) is 5.32 Å². The van der Waals surface area contributed by atoms with Crippen molar-refractivity contribution in [1.82, 2.24) is 15.1 Å². The van der Waals surface area contributed by atoms with Crippen molar-refractivity contribution in [3.05, 3.63) is 94.4 Å². The van der Waals surface area contributed by atoms with Gasteiger partial charge in [0.15, 0.2) is 12.1 Å². The average Bonchev–Trinajstić information content (AvgIpc) is 3.85. The molecule has 0 radical (unpaired) electrons. The lowest BCUT2D eigenvalue weighted by Crippen LogP contribution is -2.74. The summed E-state index contributed by atoms with van der Waals surface area (Å²) in [7, 11) is 0. The molecular formula is C34H37N3O6S. The number of nitrogens with zero attached hydrogens (tertiary/aromatic N) is 2. The van der Waals surface area contributed by atoms with E-state index in [9.17, 15) is 19.2 Å². The molecule has 1 N–H and O–H groups in total. The van der Waals surface area contributed by atoms with Gasteiger partial charge in [0, 0.05) is 18.2 Å². The van der Waals surface area contributed by atoms with Crippen LogP contribution in [0.4, 0.5) is 4.79 Å². The molecule has 2 aromatic carbocycles. The zero-order valence-corrected chi connectivity index (χ0v) is 25.9. The van der Waals surface area contributed by atoms with E-state index < -0.39 is 47.1 Å². The number of benzene rings is 2. The summed E-state index contributed by atoms with van der Waals surface area (Å²) in [5, 5.41) is 3.96. The van der Waals surface area contributed by atoms with E-state index in [4.69, 9.17) is 9.47 Å². The summed E-state index contributed by atoms with van der Waals surface area (Å²) in [5.74, 6) is -1.03. The quantitative estimate of drug-likeness (QED) is 0.263. The lowest BCUT2D eigenvalue weighted by atomic mass is 9.94. The molecule has 0 bridgehead atoms. The zero-order valence-electron chi connectivity index (χ0n) is 25.1. The number of carbonyl (C=O) groups is 4. The lowest BCUT2D eigenvalue weighted by molar-refractivity contribution is -0.164. The Bertz CT molecular complexity index is 1460. The van der Waals surface area contributed by atoms with Crippen LogP contribution in [0.25, 0.3) is 0 Å². The number of β-lactam (4-membered cyclic amide) rings is 1. The van der Waals surface area contributed by atoms with Gasteiger partial charge in [-0.1, -0.05) is 60.7 Å². The molecule has 4 aliphatic rings. The van der Waals surface area contributed by atoms with E-state index in [1.54, 1.807) is 26.8 Å². The van der Waals surface area contributed by atoms with Crippen LogP contribution >= 0.6 is 11.8 Å². The molecule has 1 saturated carbocycles. The number of likely N-dealkylation sites (tertiary alicyclic amines) is 1. The Morgan fingerprint density at radius 2 is 1.64 bits per heavy atom. The second-order valence-corrected chi connectivity index (χ2v) is 13.5. The van der Waals surface area contributed by atoms with Crippen LogP contribution in [-0.2, 0) is 23.9 Å². The van der Waals surface area contributed by atoms with E-state index in [1.807, 2.05) is 71.0 Å². The van der Waals surface area contributed by atoms with Crippen molar-refractivity contribution >= 4 is 35.6 Å². The molecule has 3 fully saturated rings. The van der Waals surface area contributed by atoms with Gasteiger partial charge in [-0.25, -0.2) is 9.59 Å². The van der Waals surface area contributed by atoms with Crippen LogP contribution in [-0.4, -0.2) is 69.3 Å². The maximum atomic E-state index is 14.2. The molecule has 3 heterocycles. The Morgan fingerprint density at radius 1 is 1.00 bits per heavy atom. The molecule has 230 valence electrons. The molecule has 1 aliphatic carbocycles. The van der Waals surface area contributed by atoms with Crippen LogP contribution < -0.4 is 5.32 Å². The summed E-state index contributed by atoms with van der Waals surface area (Å²) in [4.78, 5) is 57.1. The van der Waals surface area contributed by atoms with Crippen molar-refractivity contribution in [1.29, 1.82) is 0 Å². The third-order valence-electron chi connectivity index (χ3n) is 8.06. The van der Waals surface area contributed by atoms with Gasteiger partial charge in [0.2, 0.25) is 11.8 Å². The lowest BCUT2D eigenvalue weighted by Gasteiger charge is -2.51. The SMILES string of the molecule is CC(C)(C)OC(=O)N[C@@H]1C(=O)N2[C@H](C(=O)OC(c3ccccc3)c3ccccc3)C(C=C3CCCN(C4CC4)C3=O)=CS[C@H]12. The number of hydrogen-bond acceptors (Lipinski definition) is 7. The van der Waals surface area contributed by atoms with Crippen molar-refractivity contribution in [2.75, 3.05) is 6.54 Å². The Kier molecular flexibility index (Phi) is 8.28. The van der Waals surface area contributed by atoms with Crippen molar-refractivity contribution in [3.63, 3.8) is 0 Å². The third kappa shape index (κ3) is 6.26. The summed E-state index contributed by atoms with van der Waals surface area (Å²) >= 11 is 1.33. The molecular weight excluding hydrogens is 578 g/mol. The molecule has 6 rings (SSSR count). The predicted octanol–water partition coefficient (Wildman–Crippen LogP) is 5.09. The molecule has 0 aromatic heterocycles. The van der Waals surface area contributed by atoms with E-state index in [0.29, 0.717) is 23.6 Å². The van der Waals surface area contributed by atoms with Crippen LogP contribution in [0.3, 0.4) is 0 Å². The normalized spacial score (nSPS) is 24.4. The summed E-state index contributed by atoms with van der Waals surface area (Å²) in [6.45, 7) is 5.98. The Balaban J connectivity index is 1.31. The summed E-state index contributed by atoms with van der Waals surface area (Å²) < 4.78 is 11.6. The number of esters is 1. The number of carbonyl (C=O) groups excluding carboxylic acids is 4. The van der Waals surface area contributed by atoms with Gasteiger partial charge in [-0.2, -0.15) is 0 Å². The molecule has 2 saturated heterocycles. The molecule has 2 aromatic rings. The summed E-state index contributed by atoms with van der Waals surface area (Å²) in [6.07, 6.45) is 3.84. The Hall–Kier alpha value is -4.05. The van der Waals surface area contributed by atoms with Gasteiger partial charge < -0.3 is 24.6 Å². The number of rotatable bonds is 7. The molecule has 3 atom stereocenters. The number of alkyl carbamates (subject to hydrolysis) is 1. The number of piperidine rings is 1. The highest BCUT2D eigenvalue weighted by molar-refractivity contribution is 8.03. The fourth-order valence-electron chi connectivity index (χ4n) is 5.88. The number of ether oxygens (including phenoxy) is 2. The number of nitrogens with one attached hydrogen (secondary N) is 1. The zero-order chi connectivity index (χ0) is 31.0. The smallest absolute Gasteiger partial charge is 0.408 e. The molecule has 44 heavy (non-hydrogen) atoms. The topological polar surface area (TPSA) is 105 Å². The van der Waals surface area contributed by atoms with Gasteiger partial charge in [-0.05, 0) is 74.6 Å².